The number of imidazole rings is 1. The van der Waals surface area contributed by atoms with Crippen LogP contribution in [0.1, 0.15) is 32.1 Å². The van der Waals surface area contributed by atoms with Gasteiger partial charge < -0.3 is 14.2 Å². The van der Waals surface area contributed by atoms with Crippen LogP contribution in [0.2, 0.25) is 0 Å². The van der Waals surface area contributed by atoms with Gasteiger partial charge in [-0.15, -0.1) is 0 Å². The summed E-state index contributed by atoms with van der Waals surface area (Å²) in [7, 11) is 0. The number of aromatic nitrogens is 3. The SMILES string of the molecule is O=c1n(CC2COCCC23OCCO3)c2cc(Br)cnc2n1C1=CCCCC1. The number of ether oxygens (including phenoxy) is 3. The molecule has 1 aliphatic carbocycles. The molecular weight excluding hydrogens is 426 g/mol. The van der Waals surface area contributed by atoms with Crippen molar-refractivity contribution in [2.24, 2.45) is 5.92 Å². The summed E-state index contributed by atoms with van der Waals surface area (Å²) in [6.45, 7) is 2.80. The van der Waals surface area contributed by atoms with Crippen LogP contribution >= 0.6 is 15.9 Å². The Morgan fingerprint density at radius 1 is 1.25 bits per heavy atom. The molecule has 2 fully saturated rings. The van der Waals surface area contributed by atoms with Crippen molar-refractivity contribution < 1.29 is 14.2 Å². The summed E-state index contributed by atoms with van der Waals surface area (Å²) < 4.78 is 22.2. The van der Waals surface area contributed by atoms with Crippen molar-refractivity contribution in [3.63, 3.8) is 0 Å². The Hall–Kier alpha value is -1.48. The minimum atomic E-state index is -0.643. The van der Waals surface area contributed by atoms with Gasteiger partial charge in [0.05, 0.1) is 37.9 Å². The maximum atomic E-state index is 13.5. The van der Waals surface area contributed by atoms with Crippen LogP contribution in [-0.2, 0) is 20.8 Å². The molecule has 8 heteroatoms. The zero-order valence-electron chi connectivity index (χ0n) is 15.7. The van der Waals surface area contributed by atoms with Crippen molar-refractivity contribution >= 4 is 32.8 Å². The van der Waals surface area contributed by atoms with Crippen molar-refractivity contribution in [1.82, 2.24) is 14.1 Å². The van der Waals surface area contributed by atoms with Gasteiger partial charge in [-0.3, -0.25) is 4.57 Å². The lowest BCUT2D eigenvalue weighted by Crippen LogP contribution is -2.49. The van der Waals surface area contributed by atoms with E-state index in [2.05, 4.69) is 27.0 Å². The molecule has 0 saturated carbocycles. The van der Waals surface area contributed by atoms with Crippen LogP contribution in [-0.4, -0.2) is 46.3 Å². The van der Waals surface area contributed by atoms with Gasteiger partial charge in [-0.05, 0) is 47.7 Å². The summed E-state index contributed by atoms with van der Waals surface area (Å²) in [5.41, 5.74) is 2.54. The van der Waals surface area contributed by atoms with E-state index in [1.165, 1.54) is 6.42 Å². The first-order chi connectivity index (χ1) is 13.7. The van der Waals surface area contributed by atoms with Gasteiger partial charge in [-0.25, -0.2) is 14.3 Å². The van der Waals surface area contributed by atoms with Crippen LogP contribution in [0.25, 0.3) is 16.9 Å². The highest BCUT2D eigenvalue weighted by atomic mass is 79.9. The molecule has 1 spiro atoms. The van der Waals surface area contributed by atoms with E-state index in [1.807, 2.05) is 10.6 Å². The molecule has 2 aromatic heterocycles. The van der Waals surface area contributed by atoms with Crippen LogP contribution in [0.4, 0.5) is 0 Å². The highest BCUT2D eigenvalue weighted by Crippen LogP contribution is 2.36. The molecule has 1 unspecified atom stereocenters. The second kappa shape index (κ2) is 7.40. The summed E-state index contributed by atoms with van der Waals surface area (Å²) >= 11 is 3.51. The Kier molecular flexibility index (Phi) is 4.90. The number of pyridine rings is 1. The molecular formula is C20H24BrN3O4. The van der Waals surface area contributed by atoms with Gasteiger partial charge in [-0.2, -0.15) is 0 Å². The average Bonchev–Trinajstić information content (AvgIpc) is 3.28. The Morgan fingerprint density at radius 2 is 2.11 bits per heavy atom. The Morgan fingerprint density at radius 3 is 2.89 bits per heavy atom. The second-order valence-corrected chi connectivity index (χ2v) is 8.61. The largest absolute Gasteiger partial charge is 0.381 e. The molecule has 5 rings (SSSR count). The number of hydrogen-bond acceptors (Lipinski definition) is 5. The van der Waals surface area contributed by atoms with Crippen LogP contribution in [0, 0.1) is 5.92 Å². The third kappa shape index (κ3) is 3.07. The van der Waals surface area contributed by atoms with Crippen LogP contribution < -0.4 is 5.69 Å². The first kappa shape index (κ1) is 18.5. The Labute approximate surface area is 171 Å². The Balaban J connectivity index is 1.61. The van der Waals surface area contributed by atoms with Gasteiger partial charge in [0, 0.05) is 29.3 Å². The molecule has 0 aromatic carbocycles. The maximum absolute atomic E-state index is 13.5. The van der Waals surface area contributed by atoms with Crippen molar-refractivity contribution in [1.29, 1.82) is 0 Å². The highest BCUT2D eigenvalue weighted by molar-refractivity contribution is 9.10. The molecule has 1 atom stereocenters. The topological polar surface area (TPSA) is 67.5 Å². The Bertz CT molecular complexity index is 974. The van der Waals surface area contributed by atoms with E-state index in [1.54, 1.807) is 10.8 Å². The summed E-state index contributed by atoms with van der Waals surface area (Å²) in [4.78, 5) is 18.1. The summed E-state index contributed by atoms with van der Waals surface area (Å²) in [5.74, 6) is -0.685. The lowest BCUT2D eigenvalue weighted by molar-refractivity contribution is -0.242. The van der Waals surface area contributed by atoms with Crippen molar-refractivity contribution in [3.05, 3.63) is 33.3 Å². The minimum absolute atomic E-state index is 0.0418. The van der Waals surface area contributed by atoms with E-state index in [4.69, 9.17) is 14.2 Å². The third-order valence-corrected chi connectivity index (χ3v) is 6.44. The number of allylic oxidation sites excluding steroid dienone is 2. The van der Waals surface area contributed by atoms with E-state index in [-0.39, 0.29) is 11.6 Å². The van der Waals surface area contributed by atoms with Gasteiger partial charge >= 0.3 is 5.69 Å². The zero-order valence-corrected chi connectivity index (χ0v) is 17.3. The van der Waals surface area contributed by atoms with Crippen molar-refractivity contribution in [2.45, 2.75) is 44.4 Å². The van der Waals surface area contributed by atoms with Crippen LogP contribution in [0.3, 0.4) is 0 Å². The first-order valence-electron chi connectivity index (χ1n) is 10.00. The van der Waals surface area contributed by atoms with Gasteiger partial charge in [0.15, 0.2) is 11.4 Å². The number of halogens is 1. The van der Waals surface area contributed by atoms with Gasteiger partial charge in [0.25, 0.3) is 0 Å². The zero-order chi connectivity index (χ0) is 19.1. The second-order valence-electron chi connectivity index (χ2n) is 7.70. The minimum Gasteiger partial charge on any atom is -0.381 e. The normalized spacial score (nSPS) is 24.8. The van der Waals surface area contributed by atoms with Gasteiger partial charge in [-0.1, -0.05) is 6.08 Å². The number of rotatable bonds is 3. The molecule has 0 amide bonds. The summed E-state index contributed by atoms with van der Waals surface area (Å²) in [6, 6.07) is 1.97. The molecule has 0 radical (unpaired) electrons. The molecule has 3 aliphatic rings. The quantitative estimate of drug-likeness (QED) is 0.719. The monoisotopic (exact) mass is 449 g/mol. The van der Waals surface area contributed by atoms with Crippen molar-refractivity contribution in [2.75, 3.05) is 26.4 Å². The van der Waals surface area contributed by atoms with E-state index in [9.17, 15) is 4.79 Å². The van der Waals surface area contributed by atoms with Crippen LogP contribution in [0.15, 0.2) is 27.6 Å². The molecule has 7 nitrogen and oxygen atoms in total. The fourth-order valence-corrected chi connectivity index (χ4v) is 4.92. The van der Waals surface area contributed by atoms with E-state index in [0.29, 0.717) is 45.0 Å². The molecule has 150 valence electrons. The first-order valence-corrected chi connectivity index (χ1v) is 10.8. The smallest absolute Gasteiger partial charge is 0.334 e. The highest BCUT2D eigenvalue weighted by Gasteiger charge is 2.47. The van der Waals surface area contributed by atoms with Crippen molar-refractivity contribution in [3.8, 4) is 0 Å². The predicted molar refractivity (Wildman–Crippen MR) is 108 cm³/mol. The lowest BCUT2D eigenvalue weighted by atomic mass is 9.94. The summed E-state index contributed by atoms with van der Waals surface area (Å²) in [5, 5.41) is 0. The van der Waals surface area contributed by atoms with E-state index in [0.717, 1.165) is 34.9 Å². The summed E-state index contributed by atoms with van der Waals surface area (Å²) in [6.07, 6.45) is 8.80. The molecule has 0 N–H and O–H groups in total. The fraction of sp³-hybridized carbons (Fsp3) is 0.600. The molecule has 2 aromatic rings. The molecule has 2 saturated heterocycles. The fourth-order valence-electron chi connectivity index (χ4n) is 4.60. The number of fused-ring (bicyclic) bond motifs is 1. The molecule has 4 heterocycles. The molecule has 0 bridgehead atoms. The van der Waals surface area contributed by atoms with E-state index >= 15 is 0 Å². The average molecular weight is 450 g/mol. The maximum Gasteiger partial charge on any atom is 0.334 e. The predicted octanol–water partition coefficient (Wildman–Crippen LogP) is 3.16. The lowest BCUT2D eigenvalue weighted by Gasteiger charge is -2.39. The molecule has 28 heavy (non-hydrogen) atoms. The van der Waals surface area contributed by atoms with Crippen LogP contribution in [0.5, 0.6) is 0 Å². The molecule has 2 aliphatic heterocycles. The number of hydrogen-bond donors (Lipinski definition) is 0. The van der Waals surface area contributed by atoms with E-state index < -0.39 is 5.79 Å². The number of nitrogens with zero attached hydrogens (tertiary/aromatic N) is 3. The van der Waals surface area contributed by atoms with Gasteiger partial charge in [0.2, 0.25) is 0 Å². The van der Waals surface area contributed by atoms with Gasteiger partial charge in [0.1, 0.15) is 0 Å². The standard InChI is InChI=1S/C20H24BrN3O4/c21-15-10-17-18(22-11-15)24(16-4-2-1-3-5-16)19(25)23(17)12-14-13-26-7-6-20(14)27-8-9-28-20/h4,10-11,14H,1-3,5-9,12-13H2. The third-order valence-electron chi connectivity index (χ3n) is 6.01.